The summed E-state index contributed by atoms with van der Waals surface area (Å²) in [6.07, 6.45) is 10.0. The van der Waals surface area contributed by atoms with Gasteiger partial charge in [0.15, 0.2) is 4.80 Å². The molecule has 142 valence electrons. The normalized spacial score (nSPS) is 15.5. The maximum Gasteiger partial charge on any atom is 0.258 e. The molecule has 2 amide bonds. The van der Waals surface area contributed by atoms with Crippen LogP contribution in [0.2, 0.25) is 0 Å². The highest BCUT2D eigenvalue weighted by molar-refractivity contribution is 8.00. The third-order valence-corrected chi connectivity index (χ3v) is 6.43. The first kappa shape index (κ1) is 19.7. The highest BCUT2D eigenvalue weighted by Gasteiger charge is 2.16. The van der Waals surface area contributed by atoms with Crippen molar-refractivity contribution in [2.75, 3.05) is 24.6 Å². The van der Waals surface area contributed by atoms with Gasteiger partial charge >= 0.3 is 0 Å². The average molecular weight is 402 g/mol. The average Bonchev–Trinajstić information content (AvgIpc) is 2.84. The van der Waals surface area contributed by atoms with Crippen LogP contribution in [0, 0.1) is 12.3 Å². The third kappa shape index (κ3) is 5.24. The molecule has 0 spiro atoms. The van der Waals surface area contributed by atoms with Gasteiger partial charge in [0.2, 0.25) is 5.91 Å². The van der Waals surface area contributed by atoms with Crippen LogP contribution in [-0.2, 0) is 16.1 Å². The van der Waals surface area contributed by atoms with Crippen molar-refractivity contribution in [1.29, 1.82) is 0 Å². The van der Waals surface area contributed by atoms with Gasteiger partial charge in [-0.2, -0.15) is 4.99 Å². The Morgan fingerprint density at radius 2 is 1.89 bits per heavy atom. The summed E-state index contributed by atoms with van der Waals surface area (Å²) in [7, 11) is 0. The number of thioether (sulfide) groups is 1. The Labute approximate surface area is 167 Å². The molecular weight excluding hydrogens is 378 g/mol. The Balaban J connectivity index is 1.62. The highest BCUT2D eigenvalue weighted by atomic mass is 32.2. The van der Waals surface area contributed by atoms with E-state index in [0.29, 0.717) is 17.1 Å². The largest absolute Gasteiger partial charge is 0.342 e. The van der Waals surface area contributed by atoms with Crippen LogP contribution in [0.15, 0.2) is 29.3 Å². The molecule has 0 N–H and O–H groups in total. The molecule has 2 aromatic rings. The molecule has 1 aromatic carbocycles. The SMILES string of the molecule is C#CCn1c(=NC(=O)CSCC(=O)N2CCCCCC2)sc2ccccc21. The zero-order valence-electron chi connectivity index (χ0n) is 15.2. The van der Waals surface area contributed by atoms with E-state index in [4.69, 9.17) is 6.42 Å². The first-order valence-corrected chi connectivity index (χ1v) is 11.1. The molecule has 0 unspecified atom stereocenters. The number of nitrogens with zero attached hydrogens (tertiary/aromatic N) is 3. The Kier molecular flexibility index (Phi) is 7.13. The molecule has 5 nitrogen and oxygen atoms in total. The van der Waals surface area contributed by atoms with Crippen molar-refractivity contribution in [2.24, 2.45) is 4.99 Å². The van der Waals surface area contributed by atoms with Crippen LogP contribution >= 0.6 is 23.1 Å². The van der Waals surface area contributed by atoms with Crippen LogP contribution in [0.25, 0.3) is 10.2 Å². The standard InChI is InChI=1S/C20H23N3O2S2/c1-2-11-23-16-9-5-6-10-17(16)27-20(23)21-18(24)14-26-15-19(25)22-12-7-3-4-8-13-22/h1,5-6,9-10H,3-4,7-8,11-15H2. The van der Waals surface area contributed by atoms with Gasteiger partial charge in [0.05, 0.1) is 28.3 Å². The predicted octanol–water partition coefficient (Wildman–Crippen LogP) is 2.90. The fourth-order valence-electron chi connectivity index (χ4n) is 3.13. The number of terminal acetylenes is 1. The van der Waals surface area contributed by atoms with Crippen molar-refractivity contribution < 1.29 is 9.59 Å². The van der Waals surface area contributed by atoms with E-state index in [1.807, 2.05) is 33.7 Å². The lowest BCUT2D eigenvalue weighted by molar-refractivity contribution is -0.128. The molecule has 0 bridgehead atoms. The van der Waals surface area contributed by atoms with Gasteiger partial charge in [-0.1, -0.05) is 42.2 Å². The minimum absolute atomic E-state index is 0.124. The van der Waals surface area contributed by atoms with Crippen molar-refractivity contribution in [3.05, 3.63) is 29.1 Å². The van der Waals surface area contributed by atoms with Crippen LogP contribution < -0.4 is 4.80 Å². The fraction of sp³-hybridized carbons (Fsp3) is 0.450. The number of likely N-dealkylation sites (tertiary alicyclic amines) is 1. The minimum Gasteiger partial charge on any atom is -0.342 e. The van der Waals surface area contributed by atoms with Gasteiger partial charge < -0.3 is 9.47 Å². The van der Waals surface area contributed by atoms with E-state index < -0.39 is 0 Å². The van der Waals surface area contributed by atoms with Gasteiger partial charge in [-0.25, -0.2) is 0 Å². The number of rotatable bonds is 5. The summed E-state index contributed by atoms with van der Waals surface area (Å²) in [5, 5.41) is 0. The molecule has 1 saturated heterocycles. The molecule has 2 heterocycles. The van der Waals surface area contributed by atoms with Crippen molar-refractivity contribution in [2.45, 2.75) is 32.2 Å². The zero-order chi connectivity index (χ0) is 19.1. The number of carbonyl (C=O) groups excluding carboxylic acids is 2. The van der Waals surface area contributed by atoms with Gasteiger partial charge in [0, 0.05) is 13.1 Å². The number of carbonyl (C=O) groups is 2. The maximum absolute atomic E-state index is 12.3. The number of hydrogen-bond donors (Lipinski definition) is 0. The summed E-state index contributed by atoms with van der Waals surface area (Å²) in [4.78, 5) is 31.3. The van der Waals surface area contributed by atoms with Crippen molar-refractivity contribution in [3.63, 3.8) is 0 Å². The number of fused-ring (bicyclic) bond motifs is 1. The number of amides is 2. The molecule has 1 aliphatic rings. The Bertz CT molecular complexity index is 915. The molecule has 0 radical (unpaired) electrons. The summed E-state index contributed by atoms with van der Waals surface area (Å²) in [6.45, 7) is 2.05. The van der Waals surface area contributed by atoms with Gasteiger partial charge in [-0.15, -0.1) is 18.2 Å². The topological polar surface area (TPSA) is 54.7 Å². The third-order valence-electron chi connectivity index (χ3n) is 4.47. The summed E-state index contributed by atoms with van der Waals surface area (Å²) < 4.78 is 2.92. The van der Waals surface area contributed by atoms with Crippen molar-refractivity contribution in [1.82, 2.24) is 9.47 Å². The van der Waals surface area contributed by atoms with Crippen LogP contribution in [0.3, 0.4) is 0 Å². The van der Waals surface area contributed by atoms with Crippen molar-refractivity contribution in [3.8, 4) is 12.3 Å². The molecule has 1 fully saturated rings. The summed E-state index contributed by atoms with van der Waals surface area (Å²) in [5.41, 5.74) is 0.982. The second kappa shape index (κ2) is 9.77. The van der Waals surface area contributed by atoms with E-state index in [1.165, 1.54) is 35.9 Å². The van der Waals surface area contributed by atoms with E-state index in [2.05, 4.69) is 10.9 Å². The number of hydrogen-bond acceptors (Lipinski definition) is 4. The van der Waals surface area contributed by atoms with E-state index >= 15 is 0 Å². The molecule has 0 saturated carbocycles. The maximum atomic E-state index is 12.3. The van der Waals surface area contributed by atoms with E-state index in [-0.39, 0.29) is 17.6 Å². The quantitative estimate of drug-likeness (QED) is 0.724. The van der Waals surface area contributed by atoms with Crippen LogP contribution in [0.4, 0.5) is 0 Å². The molecule has 1 aromatic heterocycles. The Morgan fingerprint density at radius 1 is 1.15 bits per heavy atom. The highest BCUT2D eigenvalue weighted by Crippen LogP contribution is 2.16. The zero-order valence-corrected chi connectivity index (χ0v) is 16.9. The molecule has 3 rings (SSSR count). The molecule has 27 heavy (non-hydrogen) atoms. The van der Waals surface area contributed by atoms with Crippen LogP contribution in [0.1, 0.15) is 25.7 Å². The molecular formula is C20H23N3O2S2. The minimum atomic E-state index is -0.235. The number of thiazole rings is 1. The smallest absolute Gasteiger partial charge is 0.258 e. The summed E-state index contributed by atoms with van der Waals surface area (Å²) in [5.74, 6) is 3.04. The molecule has 7 heteroatoms. The van der Waals surface area contributed by atoms with Crippen LogP contribution in [-0.4, -0.2) is 45.9 Å². The molecule has 1 aliphatic heterocycles. The summed E-state index contributed by atoms with van der Waals surface area (Å²) >= 11 is 2.79. The fourth-order valence-corrected chi connectivity index (χ4v) is 4.87. The Hall–Kier alpha value is -2.04. The van der Waals surface area contributed by atoms with Crippen molar-refractivity contribution >= 4 is 45.1 Å². The second-order valence-corrected chi connectivity index (χ2v) is 8.43. The lowest BCUT2D eigenvalue weighted by atomic mass is 10.2. The predicted molar refractivity (Wildman–Crippen MR) is 112 cm³/mol. The first-order chi connectivity index (χ1) is 13.2. The monoisotopic (exact) mass is 401 g/mol. The number of aromatic nitrogens is 1. The van der Waals surface area contributed by atoms with Gasteiger partial charge in [0.1, 0.15) is 0 Å². The Morgan fingerprint density at radius 3 is 2.63 bits per heavy atom. The van der Waals surface area contributed by atoms with Gasteiger partial charge in [0.25, 0.3) is 5.91 Å². The van der Waals surface area contributed by atoms with Gasteiger partial charge in [-0.3, -0.25) is 9.59 Å². The second-order valence-electron chi connectivity index (χ2n) is 6.44. The van der Waals surface area contributed by atoms with Crippen LogP contribution in [0.5, 0.6) is 0 Å². The van der Waals surface area contributed by atoms with E-state index in [0.717, 1.165) is 36.1 Å². The van der Waals surface area contributed by atoms with E-state index in [1.54, 1.807) is 0 Å². The first-order valence-electron chi connectivity index (χ1n) is 9.14. The number of benzene rings is 1. The lowest BCUT2D eigenvalue weighted by Crippen LogP contribution is -2.33. The summed E-state index contributed by atoms with van der Waals surface area (Å²) in [6, 6.07) is 7.86. The van der Waals surface area contributed by atoms with E-state index in [9.17, 15) is 9.59 Å². The van der Waals surface area contributed by atoms with Gasteiger partial charge in [-0.05, 0) is 25.0 Å². The molecule has 0 atom stereocenters. The molecule has 0 aliphatic carbocycles. The lowest BCUT2D eigenvalue weighted by Gasteiger charge is -2.19. The number of para-hydroxylation sites is 1.